The number of hydrogen-bond donors (Lipinski definition) is 1. The summed E-state index contributed by atoms with van der Waals surface area (Å²) in [6.07, 6.45) is 5.09. The molecule has 3 heterocycles. The van der Waals surface area contributed by atoms with E-state index in [4.69, 9.17) is 10.2 Å². The number of hydrogen-bond acceptors (Lipinski definition) is 4. The molecule has 0 radical (unpaired) electrons. The number of piperidine rings is 1. The number of furan rings is 1. The molecule has 2 N–H and O–H groups in total. The molecular formula is C22H24N4O3. The number of nitrogens with two attached hydrogens (primary N) is 1. The van der Waals surface area contributed by atoms with E-state index >= 15 is 0 Å². The third kappa shape index (κ3) is 4.08. The van der Waals surface area contributed by atoms with Gasteiger partial charge in [-0.15, -0.1) is 0 Å². The van der Waals surface area contributed by atoms with Gasteiger partial charge in [0.25, 0.3) is 5.91 Å². The minimum Gasteiger partial charge on any atom is -0.461 e. The number of carbonyl (C=O) groups is 2. The van der Waals surface area contributed by atoms with Crippen molar-refractivity contribution < 1.29 is 14.0 Å². The lowest BCUT2D eigenvalue weighted by molar-refractivity contribution is -0.118. The molecule has 0 spiro atoms. The van der Waals surface area contributed by atoms with Gasteiger partial charge in [-0.2, -0.15) is 0 Å². The number of benzene rings is 1. The van der Waals surface area contributed by atoms with Crippen molar-refractivity contribution in [3.63, 3.8) is 0 Å². The van der Waals surface area contributed by atoms with Crippen LogP contribution >= 0.6 is 0 Å². The molecule has 0 bridgehead atoms. The Balaban J connectivity index is 1.39. The van der Waals surface area contributed by atoms with Crippen molar-refractivity contribution in [3.8, 4) is 11.3 Å². The molecule has 2 amide bonds. The maximum Gasteiger partial charge on any atom is 0.253 e. The molecule has 0 saturated carbocycles. The van der Waals surface area contributed by atoms with Crippen molar-refractivity contribution in [1.29, 1.82) is 0 Å². The van der Waals surface area contributed by atoms with E-state index in [1.807, 2.05) is 48.2 Å². The minimum absolute atomic E-state index is 0.0334. The first-order valence-corrected chi connectivity index (χ1v) is 9.77. The Bertz CT molecular complexity index is 1010. The zero-order valence-corrected chi connectivity index (χ0v) is 16.4. The number of aromatic nitrogens is 2. The molecule has 3 aromatic rings. The van der Waals surface area contributed by atoms with Gasteiger partial charge in [-0.3, -0.25) is 9.59 Å². The summed E-state index contributed by atoms with van der Waals surface area (Å²) in [5.41, 5.74) is 6.94. The summed E-state index contributed by atoms with van der Waals surface area (Å²) in [5.74, 6) is 2.40. The third-order valence-electron chi connectivity index (χ3n) is 5.38. The van der Waals surface area contributed by atoms with E-state index in [1.54, 1.807) is 17.0 Å². The Morgan fingerprint density at radius 1 is 1.14 bits per heavy atom. The number of rotatable bonds is 5. The second-order valence-corrected chi connectivity index (χ2v) is 7.43. The molecule has 150 valence electrons. The molecule has 1 fully saturated rings. The topological polar surface area (TPSA) is 94.4 Å². The van der Waals surface area contributed by atoms with Gasteiger partial charge in [-0.05, 0) is 44.0 Å². The maximum absolute atomic E-state index is 12.9. The number of imidazole rings is 1. The van der Waals surface area contributed by atoms with Gasteiger partial charge in [0.1, 0.15) is 23.9 Å². The Morgan fingerprint density at radius 2 is 1.86 bits per heavy atom. The van der Waals surface area contributed by atoms with Crippen LogP contribution in [0.3, 0.4) is 0 Å². The molecule has 29 heavy (non-hydrogen) atoms. The molecule has 2 aromatic heterocycles. The molecule has 4 rings (SSSR count). The lowest BCUT2D eigenvalue weighted by atomic mass is 9.95. The highest BCUT2D eigenvalue weighted by Crippen LogP contribution is 2.28. The van der Waals surface area contributed by atoms with Crippen molar-refractivity contribution in [2.24, 2.45) is 5.73 Å². The first-order valence-electron chi connectivity index (χ1n) is 9.77. The summed E-state index contributed by atoms with van der Waals surface area (Å²) in [5, 5.41) is 0. The molecular weight excluding hydrogens is 368 g/mol. The van der Waals surface area contributed by atoms with Crippen LogP contribution in [0.15, 0.2) is 53.2 Å². The summed E-state index contributed by atoms with van der Waals surface area (Å²) < 4.78 is 7.44. The minimum atomic E-state index is -0.384. The summed E-state index contributed by atoms with van der Waals surface area (Å²) in [6, 6.07) is 11.4. The quantitative estimate of drug-likeness (QED) is 0.722. The predicted octanol–water partition coefficient (Wildman–Crippen LogP) is 2.96. The van der Waals surface area contributed by atoms with E-state index in [9.17, 15) is 9.59 Å². The third-order valence-corrected chi connectivity index (χ3v) is 5.38. The summed E-state index contributed by atoms with van der Waals surface area (Å²) in [4.78, 5) is 30.4. The second kappa shape index (κ2) is 7.95. The van der Waals surface area contributed by atoms with Gasteiger partial charge in [-0.1, -0.05) is 12.1 Å². The van der Waals surface area contributed by atoms with Gasteiger partial charge in [0.05, 0.1) is 0 Å². The normalized spacial score (nSPS) is 14.9. The SMILES string of the molecule is Cc1ccc(-c2ccc(C(=O)N3CCC(c4nccn4CC(N)=O)CC3)cc2)o1. The van der Waals surface area contributed by atoms with Crippen molar-refractivity contribution in [1.82, 2.24) is 14.5 Å². The first-order chi connectivity index (χ1) is 14.0. The van der Waals surface area contributed by atoms with Crippen LogP contribution in [0.1, 0.15) is 40.7 Å². The maximum atomic E-state index is 12.9. The zero-order valence-electron chi connectivity index (χ0n) is 16.4. The van der Waals surface area contributed by atoms with Crippen molar-refractivity contribution in [2.75, 3.05) is 13.1 Å². The van der Waals surface area contributed by atoms with Crippen LogP contribution < -0.4 is 5.73 Å². The molecule has 1 saturated heterocycles. The van der Waals surface area contributed by atoms with Gasteiger partial charge in [-0.25, -0.2) is 4.98 Å². The summed E-state index contributed by atoms with van der Waals surface area (Å²) in [7, 11) is 0. The second-order valence-electron chi connectivity index (χ2n) is 7.43. The first kappa shape index (κ1) is 19.0. The monoisotopic (exact) mass is 392 g/mol. The van der Waals surface area contributed by atoms with E-state index < -0.39 is 0 Å². The van der Waals surface area contributed by atoms with E-state index in [0.717, 1.165) is 35.7 Å². The van der Waals surface area contributed by atoms with Crippen molar-refractivity contribution in [2.45, 2.75) is 32.2 Å². The molecule has 0 atom stereocenters. The van der Waals surface area contributed by atoms with Gasteiger partial charge in [0.15, 0.2) is 0 Å². The van der Waals surface area contributed by atoms with E-state index in [0.29, 0.717) is 18.7 Å². The zero-order chi connectivity index (χ0) is 20.4. The number of likely N-dealkylation sites (tertiary alicyclic amines) is 1. The van der Waals surface area contributed by atoms with Gasteiger partial charge in [0.2, 0.25) is 5.91 Å². The predicted molar refractivity (Wildman–Crippen MR) is 108 cm³/mol. The molecule has 0 unspecified atom stereocenters. The highest BCUT2D eigenvalue weighted by molar-refractivity contribution is 5.94. The van der Waals surface area contributed by atoms with Crippen LogP contribution in [-0.4, -0.2) is 39.4 Å². The Labute approximate surface area is 169 Å². The van der Waals surface area contributed by atoms with Crippen LogP contribution in [0.25, 0.3) is 11.3 Å². The average Bonchev–Trinajstić information content (AvgIpc) is 3.36. The molecule has 7 heteroatoms. The number of primary amides is 1. The van der Waals surface area contributed by atoms with E-state index in [-0.39, 0.29) is 24.3 Å². The lowest BCUT2D eigenvalue weighted by Gasteiger charge is -2.32. The molecule has 1 aromatic carbocycles. The van der Waals surface area contributed by atoms with Crippen molar-refractivity contribution >= 4 is 11.8 Å². The molecule has 7 nitrogen and oxygen atoms in total. The fourth-order valence-electron chi connectivity index (χ4n) is 3.87. The van der Waals surface area contributed by atoms with Crippen LogP contribution in [0.2, 0.25) is 0 Å². The van der Waals surface area contributed by atoms with Gasteiger partial charge < -0.3 is 19.6 Å². The fourth-order valence-corrected chi connectivity index (χ4v) is 3.87. The van der Waals surface area contributed by atoms with Crippen LogP contribution in [0.4, 0.5) is 0 Å². The fraction of sp³-hybridized carbons (Fsp3) is 0.318. The van der Waals surface area contributed by atoms with Gasteiger partial charge in [0, 0.05) is 42.5 Å². The van der Waals surface area contributed by atoms with Crippen molar-refractivity contribution in [3.05, 3.63) is 65.9 Å². The van der Waals surface area contributed by atoms with E-state index in [2.05, 4.69) is 4.98 Å². The van der Waals surface area contributed by atoms with Crippen LogP contribution in [-0.2, 0) is 11.3 Å². The lowest BCUT2D eigenvalue weighted by Crippen LogP contribution is -2.38. The number of amides is 2. The highest BCUT2D eigenvalue weighted by atomic mass is 16.3. The Kier molecular flexibility index (Phi) is 5.20. The van der Waals surface area contributed by atoms with Crippen LogP contribution in [0.5, 0.6) is 0 Å². The summed E-state index contributed by atoms with van der Waals surface area (Å²) in [6.45, 7) is 3.36. The molecule has 1 aliphatic rings. The Morgan fingerprint density at radius 3 is 2.48 bits per heavy atom. The smallest absolute Gasteiger partial charge is 0.253 e. The highest BCUT2D eigenvalue weighted by Gasteiger charge is 2.27. The van der Waals surface area contributed by atoms with Crippen LogP contribution in [0, 0.1) is 6.92 Å². The van der Waals surface area contributed by atoms with E-state index in [1.165, 1.54) is 0 Å². The molecule has 0 aliphatic carbocycles. The average molecular weight is 392 g/mol. The standard InChI is InChI=1S/C22H24N4O3/c1-15-2-7-19(29-15)16-3-5-18(6-4-16)22(28)25-11-8-17(9-12-25)21-24-10-13-26(21)14-20(23)27/h2-7,10,13,17H,8-9,11-12,14H2,1H3,(H2,23,27). The summed E-state index contributed by atoms with van der Waals surface area (Å²) >= 11 is 0. The number of aryl methyl sites for hydroxylation is 1. The Hall–Kier alpha value is -3.35. The largest absolute Gasteiger partial charge is 0.461 e. The number of nitrogens with zero attached hydrogens (tertiary/aromatic N) is 3. The number of carbonyl (C=O) groups excluding carboxylic acids is 2. The molecule has 1 aliphatic heterocycles. The van der Waals surface area contributed by atoms with Gasteiger partial charge >= 0.3 is 0 Å².